The first kappa shape index (κ1) is 11.6. The molecule has 1 aromatic rings. The maximum absolute atomic E-state index is 5.22. The minimum Gasteiger partial charge on any atom is -0.481 e. The van der Waals surface area contributed by atoms with Gasteiger partial charge in [-0.05, 0) is 19.8 Å². The van der Waals surface area contributed by atoms with Crippen LogP contribution in [0.4, 0.5) is 5.82 Å². The van der Waals surface area contributed by atoms with E-state index >= 15 is 0 Å². The summed E-state index contributed by atoms with van der Waals surface area (Å²) in [5, 5.41) is 0.954. The molecule has 1 fully saturated rings. The number of hydrogen-bond acceptors (Lipinski definition) is 4. The van der Waals surface area contributed by atoms with E-state index in [0.717, 1.165) is 23.3 Å². The molecule has 1 heterocycles. The van der Waals surface area contributed by atoms with E-state index < -0.39 is 0 Å². The van der Waals surface area contributed by atoms with Gasteiger partial charge in [-0.1, -0.05) is 15.9 Å². The van der Waals surface area contributed by atoms with Crippen molar-refractivity contribution in [1.82, 2.24) is 9.97 Å². The third kappa shape index (κ3) is 2.29. The van der Waals surface area contributed by atoms with E-state index in [-0.39, 0.29) is 0 Å². The summed E-state index contributed by atoms with van der Waals surface area (Å²) in [5.74, 6) is 1.68. The van der Waals surface area contributed by atoms with Gasteiger partial charge in [0, 0.05) is 17.9 Å². The highest BCUT2D eigenvalue weighted by molar-refractivity contribution is 9.09. The standard InChI is InChI=1S/C11H16BrN3O/c1-8-10(13-7-14-11(8)16-2)15(6-5-12)9-3-4-9/h7,9H,3-6H2,1-2H3. The molecule has 0 bridgehead atoms. The Kier molecular flexibility index (Phi) is 3.63. The van der Waals surface area contributed by atoms with Gasteiger partial charge >= 0.3 is 0 Å². The van der Waals surface area contributed by atoms with Crippen LogP contribution in [-0.2, 0) is 0 Å². The highest BCUT2D eigenvalue weighted by atomic mass is 79.9. The molecule has 88 valence electrons. The van der Waals surface area contributed by atoms with E-state index in [4.69, 9.17) is 4.74 Å². The number of ether oxygens (including phenoxy) is 1. The second-order valence-electron chi connectivity index (χ2n) is 3.95. The average molecular weight is 286 g/mol. The van der Waals surface area contributed by atoms with Crippen molar-refractivity contribution in [3.8, 4) is 5.88 Å². The molecule has 1 aliphatic carbocycles. The van der Waals surface area contributed by atoms with Crippen molar-refractivity contribution in [2.24, 2.45) is 0 Å². The number of hydrogen-bond donors (Lipinski definition) is 0. The van der Waals surface area contributed by atoms with Crippen molar-refractivity contribution < 1.29 is 4.74 Å². The van der Waals surface area contributed by atoms with Crippen LogP contribution in [0.2, 0.25) is 0 Å². The van der Waals surface area contributed by atoms with Crippen LogP contribution in [0.15, 0.2) is 6.33 Å². The quantitative estimate of drug-likeness (QED) is 0.777. The van der Waals surface area contributed by atoms with Gasteiger partial charge in [0.15, 0.2) is 0 Å². The second-order valence-corrected chi connectivity index (χ2v) is 4.74. The van der Waals surface area contributed by atoms with Gasteiger partial charge in [-0.2, -0.15) is 0 Å². The predicted molar refractivity (Wildman–Crippen MR) is 67.5 cm³/mol. The molecule has 0 N–H and O–H groups in total. The summed E-state index contributed by atoms with van der Waals surface area (Å²) in [6, 6.07) is 0.649. The number of alkyl halides is 1. The van der Waals surface area contributed by atoms with Gasteiger partial charge < -0.3 is 9.64 Å². The van der Waals surface area contributed by atoms with Crippen molar-refractivity contribution in [2.75, 3.05) is 23.9 Å². The summed E-state index contributed by atoms with van der Waals surface area (Å²) in [4.78, 5) is 10.8. The highest BCUT2D eigenvalue weighted by Gasteiger charge is 2.31. The fourth-order valence-corrected chi connectivity index (χ4v) is 2.24. The van der Waals surface area contributed by atoms with Crippen LogP contribution in [0, 0.1) is 6.92 Å². The Bertz CT molecular complexity index is 368. The number of methoxy groups -OCH3 is 1. The topological polar surface area (TPSA) is 38.3 Å². The lowest BCUT2D eigenvalue weighted by Crippen LogP contribution is -2.29. The van der Waals surface area contributed by atoms with E-state index in [1.807, 2.05) is 6.92 Å². The maximum Gasteiger partial charge on any atom is 0.221 e. The average Bonchev–Trinajstić information content (AvgIpc) is 3.11. The fourth-order valence-electron chi connectivity index (χ4n) is 1.86. The van der Waals surface area contributed by atoms with Crippen molar-refractivity contribution in [3.05, 3.63) is 11.9 Å². The first-order valence-corrected chi connectivity index (χ1v) is 6.58. The molecule has 0 spiro atoms. The zero-order valence-corrected chi connectivity index (χ0v) is 11.2. The van der Waals surface area contributed by atoms with Crippen molar-refractivity contribution in [3.63, 3.8) is 0 Å². The Morgan fingerprint density at radius 1 is 1.50 bits per heavy atom. The molecule has 0 saturated heterocycles. The maximum atomic E-state index is 5.22. The first-order valence-electron chi connectivity index (χ1n) is 5.46. The second kappa shape index (κ2) is 4.99. The van der Waals surface area contributed by atoms with Gasteiger partial charge in [0.2, 0.25) is 5.88 Å². The smallest absolute Gasteiger partial charge is 0.221 e. The molecule has 2 rings (SSSR count). The molecule has 5 heteroatoms. The van der Waals surface area contributed by atoms with E-state index in [1.54, 1.807) is 13.4 Å². The van der Waals surface area contributed by atoms with Gasteiger partial charge in [0.05, 0.1) is 12.7 Å². The van der Waals surface area contributed by atoms with Crippen LogP contribution in [0.1, 0.15) is 18.4 Å². The lowest BCUT2D eigenvalue weighted by atomic mass is 10.3. The molecule has 0 atom stereocenters. The van der Waals surface area contributed by atoms with Crippen LogP contribution in [0.5, 0.6) is 5.88 Å². The van der Waals surface area contributed by atoms with E-state index in [9.17, 15) is 0 Å². The summed E-state index contributed by atoms with van der Waals surface area (Å²) in [6.45, 7) is 2.99. The molecule has 16 heavy (non-hydrogen) atoms. The largest absolute Gasteiger partial charge is 0.481 e. The SMILES string of the molecule is COc1ncnc(N(CCBr)C2CC2)c1C. The summed E-state index contributed by atoms with van der Waals surface area (Å²) >= 11 is 3.49. The Morgan fingerprint density at radius 3 is 2.81 bits per heavy atom. The zero-order chi connectivity index (χ0) is 11.5. The lowest BCUT2D eigenvalue weighted by Gasteiger charge is -2.24. The van der Waals surface area contributed by atoms with Gasteiger partial charge in [-0.3, -0.25) is 0 Å². The van der Waals surface area contributed by atoms with Crippen LogP contribution < -0.4 is 9.64 Å². The number of nitrogens with zero attached hydrogens (tertiary/aromatic N) is 3. The van der Waals surface area contributed by atoms with Crippen molar-refractivity contribution in [2.45, 2.75) is 25.8 Å². The third-order valence-electron chi connectivity index (χ3n) is 2.79. The molecule has 4 nitrogen and oxygen atoms in total. The third-order valence-corrected chi connectivity index (χ3v) is 3.14. The molecular formula is C11H16BrN3O. The molecule has 1 aromatic heterocycles. The number of aromatic nitrogens is 2. The minimum absolute atomic E-state index is 0.649. The van der Waals surface area contributed by atoms with Crippen LogP contribution >= 0.6 is 15.9 Å². The van der Waals surface area contributed by atoms with E-state index in [2.05, 4.69) is 30.8 Å². The minimum atomic E-state index is 0.649. The van der Waals surface area contributed by atoms with Crippen molar-refractivity contribution in [1.29, 1.82) is 0 Å². The number of rotatable bonds is 5. The monoisotopic (exact) mass is 285 g/mol. The van der Waals surface area contributed by atoms with Gasteiger partial charge in [-0.25, -0.2) is 9.97 Å². The van der Waals surface area contributed by atoms with Crippen LogP contribution in [0.25, 0.3) is 0 Å². The summed E-state index contributed by atoms with van der Waals surface area (Å²) < 4.78 is 5.22. The number of halogens is 1. The van der Waals surface area contributed by atoms with Gasteiger partial charge in [-0.15, -0.1) is 0 Å². The molecule has 0 aliphatic heterocycles. The number of anilines is 1. The normalized spacial score (nSPS) is 14.9. The van der Waals surface area contributed by atoms with E-state index in [1.165, 1.54) is 12.8 Å². The molecule has 0 radical (unpaired) electrons. The fraction of sp³-hybridized carbons (Fsp3) is 0.636. The first-order chi connectivity index (χ1) is 7.77. The summed E-state index contributed by atoms with van der Waals surface area (Å²) in [6.07, 6.45) is 4.10. The Balaban J connectivity index is 2.29. The Morgan fingerprint density at radius 2 is 2.25 bits per heavy atom. The molecule has 1 saturated carbocycles. The molecule has 0 amide bonds. The Labute approximate surface area is 104 Å². The lowest BCUT2D eigenvalue weighted by molar-refractivity contribution is 0.393. The molecule has 0 aromatic carbocycles. The zero-order valence-electron chi connectivity index (χ0n) is 9.61. The van der Waals surface area contributed by atoms with E-state index in [0.29, 0.717) is 11.9 Å². The van der Waals surface area contributed by atoms with Crippen molar-refractivity contribution >= 4 is 21.7 Å². The van der Waals surface area contributed by atoms with Gasteiger partial charge in [0.1, 0.15) is 12.1 Å². The highest BCUT2D eigenvalue weighted by Crippen LogP contribution is 2.33. The molecule has 0 unspecified atom stereocenters. The molecular weight excluding hydrogens is 270 g/mol. The van der Waals surface area contributed by atoms with Crippen LogP contribution in [-0.4, -0.2) is 35.0 Å². The summed E-state index contributed by atoms with van der Waals surface area (Å²) in [7, 11) is 1.64. The molecule has 1 aliphatic rings. The van der Waals surface area contributed by atoms with Gasteiger partial charge in [0.25, 0.3) is 0 Å². The summed E-state index contributed by atoms with van der Waals surface area (Å²) in [5.41, 5.74) is 1.03. The Hall–Kier alpha value is -0.840. The van der Waals surface area contributed by atoms with Crippen LogP contribution in [0.3, 0.4) is 0 Å². The predicted octanol–water partition coefficient (Wildman–Crippen LogP) is 2.16.